The van der Waals surface area contributed by atoms with Gasteiger partial charge >= 0.3 is 0 Å². The van der Waals surface area contributed by atoms with Crippen molar-refractivity contribution in [2.45, 2.75) is 31.7 Å². The second-order valence-corrected chi connectivity index (χ2v) is 4.63. The van der Waals surface area contributed by atoms with E-state index >= 15 is 0 Å². The Morgan fingerprint density at radius 1 is 1.40 bits per heavy atom. The molecule has 0 spiro atoms. The molecule has 0 amide bonds. The minimum absolute atomic E-state index is 0.626. The highest BCUT2D eigenvalue weighted by Crippen LogP contribution is 2.39. The molecule has 0 bridgehead atoms. The first kappa shape index (κ1) is 9.22. The minimum Gasteiger partial charge on any atom is -0.380 e. The van der Waals surface area contributed by atoms with Crippen molar-refractivity contribution in [3.8, 4) is 0 Å². The van der Waals surface area contributed by atoms with E-state index in [0.717, 1.165) is 25.4 Å². The number of benzene rings is 1. The lowest BCUT2D eigenvalue weighted by atomic mass is 9.89. The van der Waals surface area contributed by atoms with Crippen molar-refractivity contribution in [1.82, 2.24) is 5.32 Å². The molecule has 0 aromatic heterocycles. The van der Waals surface area contributed by atoms with E-state index in [2.05, 4.69) is 35.8 Å². The third-order valence-corrected chi connectivity index (χ3v) is 3.75. The van der Waals surface area contributed by atoms with E-state index in [1.807, 2.05) is 0 Å². The van der Waals surface area contributed by atoms with Crippen LogP contribution in [0.3, 0.4) is 0 Å². The fourth-order valence-corrected chi connectivity index (χ4v) is 2.85. The molecule has 2 heteroatoms. The summed E-state index contributed by atoms with van der Waals surface area (Å²) in [6, 6.07) is 7.57. The van der Waals surface area contributed by atoms with Crippen LogP contribution in [0, 0.1) is 0 Å². The molecule has 0 radical (unpaired) electrons. The number of hydrogen-bond acceptors (Lipinski definition) is 2. The van der Waals surface area contributed by atoms with Gasteiger partial charge in [0.25, 0.3) is 0 Å². The molecular formula is C13H18N2. The van der Waals surface area contributed by atoms with Crippen LogP contribution in [0.25, 0.3) is 0 Å². The van der Waals surface area contributed by atoms with Gasteiger partial charge in [-0.25, -0.2) is 0 Å². The highest BCUT2D eigenvalue weighted by molar-refractivity contribution is 5.61. The second kappa shape index (κ2) is 3.53. The average Bonchev–Trinajstić information content (AvgIpc) is 2.66. The highest BCUT2D eigenvalue weighted by Gasteiger charge is 2.33. The summed E-state index contributed by atoms with van der Waals surface area (Å²) in [5.41, 5.74) is 4.36. The Morgan fingerprint density at radius 3 is 3.20 bits per heavy atom. The maximum absolute atomic E-state index is 3.65. The number of nitrogens with one attached hydrogen (secondary N) is 2. The molecule has 1 saturated heterocycles. The van der Waals surface area contributed by atoms with E-state index < -0.39 is 0 Å². The molecule has 2 heterocycles. The van der Waals surface area contributed by atoms with Crippen LogP contribution in [0.5, 0.6) is 0 Å². The monoisotopic (exact) mass is 202 g/mol. The third-order valence-electron chi connectivity index (χ3n) is 3.75. The van der Waals surface area contributed by atoms with Gasteiger partial charge in [0.1, 0.15) is 0 Å². The molecule has 1 aromatic carbocycles. The van der Waals surface area contributed by atoms with Gasteiger partial charge in [0.05, 0.1) is 0 Å². The Kier molecular flexibility index (Phi) is 2.17. The summed E-state index contributed by atoms with van der Waals surface area (Å²) in [7, 11) is 0. The first-order valence-corrected chi connectivity index (χ1v) is 5.98. The largest absolute Gasteiger partial charge is 0.380 e. The Morgan fingerprint density at radius 2 is 2.33 bits per heavy atom. The van der Waals surface area contributed by atoms with Crippen LogP contribution in [0.1, 0.15) is 30.4 Å². The second-order valence-electron chi connectivity index (χ2n) is 4.63. The van der Waals surface area contributed by atoms with Crippen LogP contribution in [0.2, 0.25) is 0 Å². The molecule has 0 aliphatic carbocycles. The number of anilines is 1. The van der Waals surface area contributed by atoms with Crippen molar-refractivity contribution in [3.63, 3.8) is 0 Å². The highest BCUT2D eigenvalue weighted by atomic mass is 15.0. The summed E-state index contributed by atoms with van der Waals surface area (Å²) in [6.45, 7) is 4.49. The molecule has 2 nitrogen and oxygen atoms in total. The van der Waals surface area contributed by atoms with Crippen LogP contribution in [-0.4, -0.2) is 19.1 Å². The fraction of sp³-hybridized carbons (Fsp3) is 0.538. The SMILES string of the molecule is CCc1ccc2c(c1)NC1CNCCC21. The van der Waals surface area contributed by atoms with E-state index in [4.69, 9.17) is 0 Å². The zero-order chi connectivity index (χ0) is 10.3. The van der Waals surface area contributed by atoms with Crippen molar-refractivity contribution in [2.75, 3.05) is 18.4 Å². The predicted octanol–water partition coefficient (Wildman–Crippen LogP) is 2.12. The normalized spacial score (nSPS) is 28.1. The molecule has 80 valence electrons. The van der Waals surface area contributed by atoms with E-state index in [-0.39, 0.29) is 0 Å². The molecule has 2 aliphatic rings. The van der Waals surface area contributed by atoms with E-state index in [0.29, 0.717) is 6.04 Å². The first-order valence-electron chi connectivity index (χ1n) is 5.98. The molecule has 1 fully saturated rings. The molecule has 2 atom stereocenters. The van der Waals surface area contributed by atoms with Crippen LogP contribution in [0.4, 0.5) is 5.69 Å². The lowest BCUT2D eigenvalue weighted by molar-refractivity contribution is 0.439. The summed E-state index contributed by atoms with van der Waals surface area (Å²) in [5, 5.41) is 7.11. The maximum atomic E-state index is 3.65. The predicted molar refractivity (Wildman–Crippen MR) is 63.5 cm³/mol. The Bertz CT molecular complexity index is 373. The molecule has 3 rings (SSSR count). The van der Waals surface area contributed by atoms with Crippen LogP contribution < -0.4 is 10.6 Å². The molecule has 2 unspecified atom stereocenters. The molecular weight excluding hydrogens is 184 g/mol. The van der Waals surface area contributed by atoms with E-state index in [1.165, 1.54) is 17.7 Å². The average molecular weight is 202 g/mol. The van der Waals surface area contributed by atoms with Crippen molar-refractivity contribution in [2.24, 2.45) is 0 Å². The number of hydrogen-bond donors (Lipinski definition) is 2. The molecule has 0 saturated carbocycles. The topological polar surface area (TPSA) is 24.1 Å². The van der Waals surface area contributed by atoms with Crippen molar-refractivity contribution in [3.05, 3.63) is 29.3 Å². The van der Waals surface area contributed by atoms with Gasteiger partial charge in [0.2, 0.25) is 0 Å². The van der Waals surface area contributed by atoms with Gasteiger partial charge in [-0.1, -0.05) is 19.1 Å². The van der Waals surface area contributed by atoms with Crippen LogP contribution in [0.15, 0.2) is 18.2 Å². The smallest absolute Gasteiger partial charge is 0.0455 e. The lowest BCUT2D eigenvalue weighted by Gasteiger charge is -2.26. The van der Waals surface area contributed by atoms with Crippen molar-refractivity contribution in [1.29, 1.82) is 0 Å². The van der Waals surface area contributed by atoms with E-state index in [1.54, 1.807) is 5.56 Å². The Balaban J connectivity index is 1.96. The molecule has 15 heavy (non-hydrogen) atoms. The summed E-state index contributed by atoms with van der Waals surface area (Å²) in [6.07, 6.45) is 2.40. The molecule has 2 N–H and O–H groups in total. The summed E-state index contributed by atoms with van der Waals surface area (Å²) < 4.78 is 0. The van der Waals surface area contributed by atoms with Gasteiger partial charge in [0, 0.05) is 24.2 Å². The molecule has 1 aromatic rings. The molecule has 2 aliphatic heterocycles. The summed E-state index contributed by atoms with van der Waals surface area (Å²) >= 11 is 0. The van der Waals surface area contributed by atoms with Gasteiger partial charge in [-0.2, -0.15) is 0 Å². The van der Waals surface area contributed by atoms with Gasteiger partial charge in [-0.05, 0) is 36.6 Å². The van der Waals surface area contributed by atoms with E-state index in [9.17, 15) is 0 Å². The van der Waals surface area contributed by atoms with Gasteiger partial charge in [0.15, 0.2) is 0 Å². The van der Waals surface area contributed by atoms with Crippen molar-refractivity contribution < 1.29 is 0 Å². The summed E-state index contributed by atoms with van der Waals surface area (Å²) in [4.78, 5) is 0. The van der Waals surface area contributed by atoms with Crippen LogP contribution >= 0.6 is 0 Å². The Labute approximate surface area is 91.1 Å². The minimum atomic E-state index is 0.626. The third kappa shape index (κ3) is 1.44. The zero-order valence-electron chi connectivity index (χ0n) is 9.22. The summed E-state index contributed by atoms with van der Waals surface area (Å²) in [5.74, 6) is 0.743. The van der Waals surface area contributed by atoms with Crippen LogP contribution in [-0.2, 0) is 6.42 Å². The zero-order valence-corrected chi connectivity index (χ0v) is 9.22. The lowest BCUT2D eigenvalue weighted by Crippen LogP contribution is -2.40. The number of piperidine rings is 1. The van der Waals surface area contributed by atoms with Gasteiger partial charge in [-0.3, -0.25) is 0 Å². The fourth-order valence-electron chi connectivity index (χ4n) is 2.85. The standard InChI is InChI=1S/C13H18N2/c1-2-9-3-4-10-11-5-6-14-8-13(11)15-12(10)7-9/h3-4,7,11,13-15H,2,5-6,8H2,1H3. The number of fused-ring (bicyclic) bond motifs is 3. The quantitative estimate of drug-likeness (QED) is 0.729. The number of aryl methyl sites for hydroxylation is 1. The van der Waals surface area contributed by atoms with Crippen molar-refractivity contribution >= 4 is 5.69 Å². The maximum Gasteiger partial charge on any atom is 0.0455 e. The van der Waals surface area contributed by atoms with Gasteiger partial charge in [-0.15, -0.1) is 0 Å². The van der Waals surface area contributed by atoms with Gasteiger partial charge < -0.3 is 10.6 Å². The Hall–Kier alpha value is -1.02. The number of rotatable bonds is 1. The first-order chi connectivity index (χ1) is 7.38.